The minimum Gasteiger partial charge on any atom is -0.355 e. The molecule has 0 radical (unpaired) electrons. The largest absolute Gasteiger partial charge is 0.355 e. The van der Waals surface area contributed by atoms with Gasteiger partial charge in [0.2, 0.25) is 11.8 Å². The summed E-state index contributed by atoms with van der Waals surface area (Å²) in [6.07, 6.45) is 2.86. The number of carbonyl (C=O) groups excluding carboxylic acids is 2. The normalized spacial score (nSPS) is 10.9. The average Bonchev–Trinajstić information content (AvgIpc) is 3.19. The minimum absolute atomic E-state index is 0.0163. The van der Waals surface area contributed by atoms with Gasteiger partial charge in [0.1, 0.15) is 0 Å². The number of para-hydroxylation sites is 2. The molecule has 6 heteroatoms. The molecule has 6 nitrogen and oxygen atoms in total. The van der Waals surface area contributed by atoms with Crippen molar-refractivity contribution in [3.8, 4) is 0 Å². The van der Waals surface area contributed by atoms with Crippen LogP contribution in [0.3, 0.4) is 0 Å². The van der Waals surface area contributed by atoms with Crippen molar-refractivity contribution in [2.24, 2.45) is 0 Å². The number of amides is 2. The predicted molar refractivity (Wildman–Crippen MR) is 118 cm³/mol. The summed E-state index contributed by atoms with van der Waals surface area (Å²) in [5.74, 6) is -0.344. The van der Waals surface area contributed by atoms with Crippen LogP contribution in [0.5, 0.6) is 0 Å². The van der Waals surface area contributed by atoms with Crippen molar-refractivity contribution < 1.29 is 9.59 Å². The molecule has 1 aromatic heterocycles. The number of aromatic nitrogens is 2. The zero-order valence-corrected chi connectivity index (χ0v) is 16.7. The zero-order valence-electron chi connectivity index (χ0n) is 16.7. The molecule has 0 saturated heterocycles. The van der Waals surface area contributed by atoms with Crippen LogP contribution in [0.25, 0.3) is 21.8 Å². The van der Waals surface area contributed by atoms with E-state index >= 15 is 0 Å². The first-order valence-electron chi connectivity index (χ1n) is 10.1. The molecule has 1 heterocycles. The molecular formula is C24H24N4O2. The van der Waals surface area contributed by atoms with Crippen molar-refractivity contribution in [3.63, 3.8) is 0 Å². The zero-order chi connectivity index (χ0) is 20.8. The topological polar surface area (TPSA) is 76.0 Å². The van der Waals surface area contributed by atoms with Crippen LogP contribution < -0.4 is 10.6 Å². The van der Waals surface area contributed by atoms with Gasteiger partial charge in [0.05, 0.1) is 30.3 Å². The molecule has 0 unspecified atom stereocenters. The molecule has 3 aromatic carbocycles. The number of fused-ring (bicyclic) bond motifs is 2. The molecule has 0 aliphatic carbocycles. The third-order valence-corrected chi connectivity index (χ3v) is 5.10. The summed E-state index contributed by atoms with van der Waals surface area (Å²) in [4.78, 5) is 28.7. The molecule has 2 amide bonds. The van der Waals surface area contributed by atoms with E-state index < -0.39 is 0 Å². The lowest BCUT2D eigenvalue weighted by atomic mass is 10.0. The molecule has 0 bridgehead atoms. The lowest BCUT2D eigenvalue weighted by Crippen LogP contribution is -2.38. The van der Waals surface area contributed by atoms with Crippen LogP contribution >= 0.6 is 0 Å². The second-order valence-electron chi connectivity index (χ2n) is 7.22. The van der Waals surface area contributed by atoms with Gasteiger partial charge in [0.15, 0.2) is 0 Å². The van der Waals surface area contributed by atoms with Gasteiger partial charge in [-0.15, -0.1) is 0 Å². The van der Waals surface area contributed by atoms with Gasteiger partial charge in [-0.2, -0.15) is 0 Å². The van der Waals surface area contributed by atoms with E-state index in [4.69, 9.17) is 0 Å². The summed E-state index contributed by atoms with van der Waals surface area (Å²) in [5, 5.41) is 7.73. The average molecular weight is 400 g/mol. The number of rotatable bonds is 8. The van der Waals surface area contributed by atoms with E-state index in [0.29, 0.717) is 6.54 Å². The summed E-state index contributed by atoms with van der Waals surface area (Å²) in [6.45, 7) is 1.30. The van der Waals surface area contributed by atoms with Gasteiger partial charge in [-0.3, -0.25) is 9.59 Å². The van der Waals surface area contributed by atoms with Crippen LogP contribution in [0.2, 0.25) is 0 Å². The Morgan fingerprint density at radius 2 is 1.67 bits per heavy atom. The van der Waals surface area contributed by atoms with E-state index in [1.807, 2.05) is 73.1 Å². The Labute approximate surface area is 174 Å². The molecule has 0 spiro atoms. The van der Waals surface area contributed by atoms with Crippen LogP contribution in [0, 0.1) is 0 Å². The number of imidazole rings is 1. The second-order valence-corrected chi connectivity index (χ2v) is 7.22. The maximum atomic E-state index is 12.3. The van der Waals surface area contributed by atoms with Crippen molar-refractivity contribution >= 4 is 33.6 Å². The minimum atomic E-state index is -0.184. The van der Waals surface area contributed by atoms with Crippen LogP contribution in [-0.2, 0) is 22.6 Å². The van der Waals surface area contributed by atoms with E-state index in [1.165, 1.54) is 0 Å². The summed E-state index contributed by atoms with van der Waals surface area (Å²) in [7, 11) is 0. The molecule has 0 saturated carbocycles. The molecule has 0 fully saturated rings. The summed E-state index contributed by atoms with van der Waals surface area (Å²) in [5.41, 5.74) is 3.01. The first kappa shape index (κ1) is 19.6. The van der Waals surface area contributed by atoms with E-state index in [0.717, 1.165) is 40.3 Å². The fourth-order valence-corrected chi connectivity index (χ4v) is 3.59. The first-order valence-corrected chi connectivity index (χ1v) is 10.1. The number of hydrogen-bond acceptors (Lipinski definition) is 3. The van der Waals surface area contributed by atoms with E-state index in [-0.39, 0.29) is 24.8 Å². The highest BCUT2D eigenvalue weighted by Crippen LogP contribution is 2.18. The number of nitrogens with one attached hydrogen (secondary N) is 2. The number of nitrogens with zero attached hydrogens (tertiary/aromatic N) is 2. The van der Waals surface area contributed by atoms with Crippen LogP contribution in [-0.4, -0.2) is 34.5 Å². The molecule has 0 atom stereocenters. The van der Waals surface area contributed by atoms with Gasteiger partial charge in [-0.25, -0.2) is 4.98 Å². The number of carbonyl (C=O) groups is 2. The summed E-state index contributed by atoms with van der Waals surface area (Å²) < 4.78 is 2.08. The third-order valence-electron chi connectivity index (χ3n) is 5.10. The van der Waals surface area contributed by atoms with Gasteiger partial charge in [0.25, 0.3) is 0 Å². The van der Waals surface area contributed by atoms with Crippen molar-refractivity contribution in [3.05, 3.63) is 78.6 Å². The molecule has 4 aromatic rings. The van der Waals surface area contributed by atoms with Crippen LogP contribution in [0.1, 0.15) is 12.0 Å². The molecular weight excluding hydrogens is 376 g/mol. The van der Waals surface area contributed by atoms with Gasteiger partial charge < -0.3 is 15.2 Å². The lowest BCUT2D eigenvalue weighted by Gasteiger charge is -2.09. The SMILES string of the molecule is O=C(CNC(=O)Cc1cccc2ccccc12)NCCCn1cnc2ccccc21. The number of benzene rings is 3. The Kier molecular flexibility index (Phi) is 6.03. The maximum Gasteiger partial charge on any atom is 0.239 e. The quantitative estimate of drug-likeness (QED) is 0.447. The van der Waals surface area contributed by atoms with Gasteiger partial charge in [-0.05, 0) is 34.9 Å². The first-order chi connectivity index (χ1) is 14.7. The number of aryl methyl sites for hydroxylation is 1. The van der Waals surface area contributed by atoms with Crippen molar-refractivity contribution in [1.82, 2.24) is 20.2 Å². The van der Waals surface area contributed by atoms with Crippen LogP contribution in [0.15, 0.2) is 73.1 Å². The highest BCUT2D eigenvalue weighted by atomic mass is 16.2. The third kappa shape index (κ3) is 4.66. The Bertz CT molecular complexity index is 1180. The van der Waals surface area contributed by atoms with Gasteiger partial charge in [-0.1, -0.05) is 54.6 Å². The molecule has 152 valence electrons. The highest BCUT2D eigenvalue weighted by Gasteiger charge is 2.09. The smallest absolute Gasteiger partial charge is 0.239 e. The Hall–Kier alpha value is -3.67. The van der Waals surface area contributed by atoms with Crippen molar-refractivity contribution in [1.29, 1.82) is 0 Å². The van der Waals surface area contributed by atoms with Crippen LogP contribution in [0.4, 0.5) is 0 Å². The standard InChI is InChI=1S/C24H24N4O2/c29-23(15-19-9-5-8-18-7-1-2-10-20(18)19)26-16-24(30)25-13-6-14-28-17-27-21-11-3-4-12-22(21)28/h1-5,7-12,17H,6,13-16H2,(H,25,30)(H,26,29). The summed E-state index contributed by atoms with van der Waals surface area (Å²) >= 11 is 0. The molecule has 2 N–H and O–H groups in total. The van der Waals surface area contributed by atoms with Crippen molar-refractivity contribution in [2.45, 2.75) is 19.4 Å². The Morgan fingerprint density at radius 1 is 0.867 bits per heavy atom. The monoisotopic (exact) mass is 400 g/mol. The fourth-order valence-electron chi connectivity index (χ4n) is 3.59. The maximum absolute atomic E-state index is 12.3. The van der Waals surface area contributed by atoms with Crippen molar-refractivity contribution in [2.75, 3.05) is 13.1 Å². The number of hydrogen-bond donors (Lipinski definition) is 2. The van der Waals surface area contributed by atoms with Gasteiger partial charge in [0, 0.05) is 13.1 Å². The molecule has 4 rings (SSSR count). The highest BCUT2D eigenvalue weighted by molar-refractivity contribution is 5.91. The molecule has 0 aliphatic heterocycles. The fraction of sp³-hybridized carbons (Fsp3) is 0.208. The van der Waals surface area contributed by atoms with E-state index in [9.17, 15) is 9.59 Å². The van der Waals surface area contributed by atoms with E-state index in [2.05, 4.69) is 20.2 Å². The Balaban J connectivity index is 1.19. The Morgan fingerprint density at radius 3 is 2.60 bits per heavy atom. The second kappa shape index (κ2) is 9.22. The van der Waals surface area contributed by atoms with E-state index in [1.54, 1.807) is 0 Å². The van der Waals surface area contributed by atoms with Gasteiger partial charge >= 0.3 is 0 Å². The lowest BCUT2D eigenvalue weighted by molar-refractivity contribution is -0.125. The predicted octanol–water partition coefficient (Wildman–Crippen LogP) is 3.05. The molecule has 0 aliphatic rings. The molecule has 30 heavy (non-hydrogen) atoms. The summed E-state index contributed by atoms with van der Waals surface area (Å²) in [6, 6.07) is 21.9.